The summed E-state index contributed by atoms with van der Waals surface area (Å²) >= 11 is 16.1. The highest BCUT2D eigenvalue weighted by atomic mass is 79.9. The van der Waals surface area contributed by atoms with Gasteiger partial charge in [-0.15, -0.1) is 0 Å². The number of nitrogens with one attached hydrogen (secondary N) is 1. The molecule has 0 radical (unpaired) electrons. The van der Waals surface area contributed by atoms with Crippen LogP contribution < -0.4 is 0 Å². The van der Waals surface area contributed by atoms with E-state index in [0.29, 0.717) is 22.3 Å². The van der Waals surface area contributed by atoms with Crippen LogP contribution in [0.3, 0.4) is 0 Å². The molecule has 154 valence electrons. The number of aromatic nitrogens is 2. The van der Waals surface area contributed by atoms with E-state index in [1.165, 1.54) is 0 Å². The zero-order valence-electron chi connectivity index (χ0n) is 16.1. The van der Waals surface area contributed by atoms with Crippen molar-refractivity contribution in [2.75, 3.05) is 0 Å². The molecule has 0 saturated heterocycles. The third-order valence-corrected chi connectivity index (χ3v) is 6.56. The maximum atomic E-state index is 13.5. The van der Waals surface area contributed by atoms with Gasteiger partial charge in [-0.05, 0) is 41.5 Å². The molecular weight excluding hydrogens is 497 g/mol. The van der Waals surface area contributed by atoms with Crippen LogP contribution in [0.1, 0.15) is 33.2 Å². The first-order valence-electron chi connectivity index (χ1n) is 9.67. The first-order chi connectivity index (χ1) is 15.0. The fourth-order valence-electron chi connectivity index (χ4n) is 4.02. The molecule has 1 atom stereocenters. The number of fused-ring (bicyclic) bond motifs is 1. The van der Waals surface area contributed by atoms with Crippen molar-refractivity contribution in [1.29, 1.82) is 0 Å². The van der Waals surface area contributed by atoms with Gasteiger partial charge in [-0.1, -0.05) is 81.6 Å². The lowest BCUT2D eigenvalue weighted by Gasteiger charge is -2.27. The van der Waals surface area contributed by atoms with E-state index < -0.39 is 0 Å². The van der Waals surface area contributed by atoms with Crippen LogP contribution in [0.5, 0.6) is 0 Å². The maximum Gasteiger partial charge on any atom is 0.273 e. The van der Waals surface area contributed by atoms with E-state index >= 15 is 0 Å². The molecule has 5 rings (SSSR count). The van der Waals surface area contributed by atoms with Gasteiger partial charge in [-0.25, -0.2) is 0 Å². The average Bonchev–Trinajstić information content (AvgIpc) is 3.30. The van der Waals surface area contributed by atoms with E-state index in [2.05, 4.69) is 26.1 Å². The van der Waals surface area contributed by atoms with E-state index in [1.807, 2.05) is 77.7 Å². The third kappa shape index (κ3) is 3.67. The smallest absolute Gasteiger partial charge is 0.273 e. The topological polar surface area (TPSA) is 49.0 Å². The number of hydrogen-bond donors (Lipinski definition) is 1. The van der Waals surface area contributed by atoms with E-state index in [1.54, 1.807) is 0 Å². The predicted molar refractivity (Wildman–Crippen MR) is 126 cm³/mol. The Hall–Kier alpha value is -2.60. The van der Waals surface area contributed by atoms with Gasteiger partial charge in [0.1, 0.15) is 5.69 Å². The summed E-state index contributed by atoms with van der Waals surface area (Å²) in [6.07, 6.45) is 0. The first kappa shape index (κ1) is 20.3. The highest BCUT2D eigenvalue weighted by molar-refractivity contribution is 9.10. The second-order valence-corrected chi connectivity index (χ2v) is 9.11. The molecule has 0 fully saturated rings. The molecular formula is C24H16BrCl2N3O. The Labute approximate surface area is 197 Å². The van der Waals surface area contributed by atoms with Crippen LogP contribution in [-0.2, 0) is 6.54 Å². The number of aromatic amines is 1. The van der Waals surface area contributed by atoms with Crippen molar-refractivity contribution >= 4 is 45.0 Å². The number of halogens is 3. The monoisotopic (exact) mass is 511 g/mol. The van der Waals surface area contributed by atoms with Gasteiger partial charge in [0.25, 0.3) is 5.91 Å². The minimum Gasteiger partial charge on any atom is -0.322 e. The normalized spacial score (nSPS) is 15.4. The van der Waals surface area contributed by atoms with Gasteiger partial charge in [0.05, 0.1) is 11.7 Å². The molecule has 4 nitrogen and oxygen atoms in total. The van der Waals surface area contributed by atoms with Gasteiger partial charge in [0.2, 0.25) is 0 Å². The Morgan fingerprint density at radius 2 is 1.77 bits per heavy atom. The molecule has 0 saturated carbocycles. The molecule has 31 heavy (non-hydrogen) atoms. The third-order valence-electron chi connectivity index (χ3n) is 5.44. The van der Waals surface area contributed by atoms with Gasteiger partial charge < -0.3 is 4.90 Å². The number of carbonyl (C=O) groups excluding carboxylic acids is 1. The Balaban J connectivity index is 1.66. The second kappa shape index (κ2) is 8.15. The number of amides is 1. The summed E-state index contributed by atoms with van der Waals surface area (Å²) in [7, 11) is 0. The largest absolute Gasteiger partial charge is 0.322 e. The van der Waals surface area contributed by atoms with E-state index in [-0.39, 0.29) is 11.9 Å². The SMILES string of the molecule is O=C1c2[nH]nc(-c3ccc(Cl)cc3)c2C(c2cccc(Br)c2)N1Cc1ccccc1Cl. The summed E-state index contributed by atoms with van der Waals surface area (Å²) in [4.78, 5) is 15.3. The molecule has 1 unspecified atom stereocenters. The number of H-pyrrole nitrogens is 1. The number of hydrogen-bond acceptors (Lipinski definition) is 2. The summed E-state index contributed by atoms with van der Waals surface area (Å²) in [5, 5.41) is 8.75. The Bertz CT molecular complexity index is 1290. The van der Waals surface area contributed by atoms with Crippen LogP contribution in [0.4, 0.5) is 0 Å². The highest BCUT2D eigenvalue weighted by Gasteiger charge is 2.42. The molecule has 0 aliphatic carbocycles. The van der Waals surface area contributed by atoms with Gasteiger partial charge in [-0.3, -0.25) is 9.89 Å². The number of nitrogens with zero attached hydrogens (tertiary/aromatic N) is 2. The lowest BCUT2D eigenvalue weighted by molar-refractivity contribution is 0.0730. The zero-order chi connectivity index (χ0) is 21.5. The molecule has 4 aromatic rings. The molecule has 2 heterocycles. The zero-order valence-corrected chi connectivity index (χ0v) is 19.2. The van der Waals surface area contributed by atoms with E-state index in [9.17, 15) is 4.79 Å². The van der Waals surface area contributed by atoms with E-state index in [0.717, 1.165) is 32.4 Å². The van der Waals surface area contributed by atoms with Gasteiger partial charge in [0.15, 0.2) is 0 Å². The average molecular weight is 513 g/mol. The van der Waals surface area contributed by atoms with Gasteiger partial charge in [0, 0.05) is 32.2 Å². The standard InChI is InChI=1S/C24H16BrCl2N3O/c25-17-6-3-5-15(12-17)23-20-21(14-8-10-18(26)11-9-14)28-29-22(20)24(31)30(23)13-16-4-1-2-7-19(16)27/h1-12,23H,13H2,(H,28,29). The quantitative estimate of drug-likeness (QED) is 0.323. The lowest BCUT2D eigenvalue weighted by Crippen LogP contribution is -2.29. The van der Waals surface area contributed by atoms with E-state index in [4.69, 9.17) is 23.2 Å². The fraction of sp³-hybridized carbons (Fsp3) is 0.0833. The van der Waals surface area contributed by atoms with Crippen molar-refractivity contribution in [3.05, 3.63) is 110 Å². The van der Waals surface area contributed by atoms with Crippen LogP contribution >= 0.6 is 39.1 Å². The molecule has 3 aromatic carbocycles. The molecule has 0 spiro atoms. The fourth-order valence-corrected chi connectivity index (χ4v) is 4.76. The predicted octanol–water partition coefficient (Wildman–Crippen LogP) is 6.89. The number of rotatable bonds is 4. The molecule has 0 bridgehead atoms. The first-order valence-corrected chi connectivity index (χ1v) is 11.2. The van der Waals surface area contributed by atoms with Crippen molar-refractivity contribution in [2.45, 2.75) is 12.6 Å². The Morgan fingerprint density at radius 3 is 2.52 bits per heavy atom. The number of carbonyl (C=O) groups is 1. The molecule has 1 amide bonds. The molecule has 1 aliphatic heterocycles. The molecule has 1 N–H and O–H groups in total. The summed E-state index contributed by atoms with van der Waals surface area (Å²) in [6.45, 7) is 0.387. The lowest BCUT2D eigenvalue weighted by atomic mass is 9.96. The number of benzene rings is 3. The van der Waals surface area contributed by atoms with Gasteiger partial charge >= 0.3 is 0 Å². The van der Waals surface area contributed by atoms with Crippen molar-refractivity contribution in [2.24, 2.45) is 0 Å². The maximum absolute atomic E-state index is 13.5. The Morgan fingerprint density at radius 1 is 1.00 bits per heavy atom. The molecule has 1 aromatic heterocycles. The molecule has 7 heteroatoms. The molecule has 1 aliphatic rings. The Kier molecular flexibility index (Phi) is 5.34. The van der Waals surface area contributed by atoms with Crippen molar-refractivity contribution in [1.82, 2.24) is 15.1 Å². The van der Waals surface area contributed by atoms with Crippen LogP contribution in [-0.4, -0.2) is 21.0 Å². The van der Waals surface area contributed by atoms with Crippen LogP contribution in [0.2, 0.25) is 10.0 Å². The second-order valence-electron chi connectivity index (χ2n) is 7.35. The minimum atomic E-state index is -0.305. The summed E-state index contributed by atoms with van der Waals surface area (Å²) in [5.74, 6) is -0.104. The minimum absolute atomic E-state index is 0.104. The van der Waals surface area contributed by atoms with Crippen molar-refractivity contribution in [3.8, 4) is 11.3 Å². The van der Waals surface area contributed by atoms with Crippen LogP contribution in [0.15, 0.2) is 77.3 Å². The van der Waals surface area contributed by atoms with Crippen LogP contribution in [0.25, 0.3) is 11.3 Å². The summed E-state index contributed by atoms with van der Waals surface area (Å²) < 4.78 is 0.945. The highest BCUT2D eigenvalue weighted by Crippen LogP contribution is 2.44. The van der Waals surface area contributed by atoms with Crippen molar-refractivity contribution in [3.63, 3.8) is 0 Å². The van der Waals surface area contributed by atoms with Crippen molar-refractivity contribution < 1.29 is 4.79 Å². The summed E-state index contributed by atoms with van der Waals surface area (Å²) in [6, 6.07) is 22.8. The van der Waals surface area contributed by atoms with Gasteiger partial charge in [-0.2, -0.15) is 5.10 Å². The van der Waals surface area contributed by atoms with Crippen LogP contribution in [0, 0.1) is 0 Å². The summed E-state index contributed by atoms with van der Waals surface area (Å²) in [5.41, 5.74) is 4.88.